The van der Waals surface area contributed by atoms with E-state index < -0.39 is 5.51 Å². The lowest BCUT2D eigenvalue weighted by atomic mass is 10.1. The Morgan fingerprint density at radius 2 is 2.00 bits per heavy atom. The molecule has 92 valence electrons. The monoisotopic (exact) mass is 243 g/mol. The Hall–Kier alpha value is 0.100. The second kappa shape index (κ2) is 8.28. The molecule has 0 heterocycles. The number of rotatable bonds is 8. The van der Waals surface area contributed by atoms with Crippen LogP contribution in [0.2, 0.25) is 0 Å². The average Bonchev–Trinajstić information content (AvgIpc) is 2.11. The molecular formula is C10H20F3NS. The first-order valence-electron chi connectivity index (χ1n) is 5.37. The van der Waals surface area contributed by atoms with Gasteiger partial charge in [-0.25, -0.2) is 0 Å². The number of halogens is 3. The first-order chi connectivity index (χ1) is 6.95. The minimum Gasteiger partial charge on any atom is -0.316 e. The van der Waals surface area contributed by atoms with Crippen LogP contribution in [0.1, 0.15) is 33.1 Å². The van der Waals surface area contributed by atoms with Gasteiger partial charge in [0.05, 0.1) is 0 Å². The van der Waals surface area contributed by atoms with E-state index >= 15 is 0 Å². The van der Waals surface area contributed by atoms with E-state index in [0.29, 0.717) is 12.3 Å². The van der Waals surface area contributed by atoms with E-state index in [1.807, 2.05) is 0 Å². The third-order valence-corrected chi connectivity index (χ3v) is 2.85. The number of thioether (sulfide) groups is 1. The first kappa shape index (κ1) is 15.1. The maximum absolute atomic E-state index is 11.8. The molecule has 0 aromatic heterocycles. The molecule has 5 heteroatoms. The van der Waals surface area contributed by atoms with Crippen molar-refractivity contribution in [3.05, 3.63) is 0 Å². The molecule has 1 N–H and O–H groups in total. The molecule has 0 amide bonds. The molecule has 0 saturated carbocycles. The standard InChI is InChI=1S/C10H20F3NS/c1-3-6-14-8-9(2)5-4-7-15-10(11,12)13/h9,14H,3-8H2,1-2H3. The van der Waals surface area contributed by atoms with Crippen molar-refractivity contribution >= 4 is 11.8 Å². The largest absolute Gasteiger partial charge is 0.441 e. The van der Waals surface area contributed by atoms with E-state index in [0.717, 1.165) is 25.9 Å². The highest BCUT2D eigenvalue weighted by Crippen LogP contribution is 2.30. The number of alkyl halides is 3. The zero-order chi connectivity index (χ0) is 11.7. The lowest BCUT2D eigenvalue weighted by molar-refractivity contribution is -0.0328. The molecule has 0 radical (unpaired) electrons. The summed E-state index contributed by atoms with van der Waals surface area (Å²) in [6, 6.07) is 0. The molecule has 1 atom stereocenters. The Labute approximate surface area is 94.2 Å². The van der Waals surface area contributed by atoms with Crippen LogP contribution >= 0.6 is 11.8 Å². The normalized spacial score (nSPS) is 14.2. The Kier molecular flexibility index (Phi) is 8.33. The minimum absolute atomic E-state index is 0.0835. The molecule has 0 fully saturated rings. The fourth-order valence-corrected chi connectivity index (χ4v) is 1.79. The van der Waals surface area contributed by atoms with Crippen LogP contribution in [0.4, 0.5) is 13.2 Å². The molecule has 0 aromatic carbocycles. The van der Waals surface area contributed by atoms with Gasteiger partial charge in [0.1, 0.15) is 0 Å². The maximum Gasteiger partial charge on any atom is 0.441 e. The second-order valence-corrected chi connectivity index (χ2v) is 4.91. The van der Waals surface area contributed by atoms with E-state index in [1.165, 1.54) is 0 Å². The quantitative estimate of drug-likeness (QED) is 0.653. The molecule has 0 rings (SSSR count). The Morgan fingerprint density at radius 3 is 2.53 bits per heavy atom. The molecule has 0 aromatic rings. The van der Waals surface area contributed by atoms with Crippen LogP contribution in [0.25, 0.3) is 0 Å². The maximum atomic E-state index is 11.8. The van der Waals surface area contributed by atoms with Crippen LogP contribution in [0.15, 0.2) is 0 Å². The van der Waals surface area contributed by atoms with Crippen molar-refractivity contribution in [2.45, 2.75) is 38.6 Å². The van der Waals surface area contributed by atoms with Gasteiger partial charge in [-0.1, -0.05) is 25.6 Å². The molecule has 0 saturated heterocycles. The van der Waals surface area contributed by atoms with Crippen LogP contribution < -0.4 is 5.32 Å². The van der Waals surface area contributed by atoms with E-state index in [1.54, 1.807) is 0 Å². The Balaban J connectivity index is 3.27. The van der Waals surface area contributed by atoms with Crippen molar-refractivity contribution in [3.8, 4) is 0 Å². The first-order valence-corrected chi connectivity index (χ1v) is 6.35. The van der Waals surface area contributed by atoms with Gasteiger partial charge in [0.25, 0.3) is 0 Å². The lowest BCUT2D eigenvalue weighted by Gasteiger charge is -2.12. The summed E-state index contributed by atoms with van der Waals surface area (Å²) in [6.45, 7) is 6.06. The number of nitrogens with one attached hydrogen (secondary N) is 1. The van der Waals surface area contributed by atoms with Gasteiger partial charge < -0.3 is 5.32 Å². The van der Waals surface area contributed by atoms with Crippen LogP contribution in [-0.2, 0) is 0 Å². The summed E-state index contributed by atoms with van der Waals surface area (Å²) in [4.78, 5) is 0. The lowest BCUT2D eigenvalue weighted by Crippen LogP contribution is -2.21. The highest BCUT2D eigenvalue weighted by molar-refractivity contribution is 8.00. The van der Waals surface area contributed by atoms with Crippen LogP contribution in [0.5, 0.6) is 0 Å². The smallest absolute Gasteiger partial charge is 0.316 e. The molecular weight excluding hydrogens is 223 g/mol. The minimum atomic E-state index is -4.07. The third kappa shape index (κ3) is 12.0. The molecule has 0 aliphatic carbocycles. The highest BCUT2D eigenvalue weighted by Gasteiger charge is 2.27. The second-order valence-electron chi connectivity index (χ2n) is 3.75. The van der Waals surface area contributed by atoms with E-state index in [4.69, 9.17) is 0 Å². The summed E-state index contributed by atoms with van der Waals surface area (Å²) in [5.74, 6) is 0.645. The van der Waals surface area contributed by atoms with Gasteiger partial charge in [-0.15, -0.1) is 0 Å². The predicted octanol–water partition coefficient (Wildman–Crippen LogP) is 3.66. The van der Waals surface area contributed by atoms with Crippen molar-refractivity contribution < 1.29 is 13.2 Å². The molecule has 0 spiro atoms. The zero-order valence-electron chi connectivity index (χ0n) is 9.36. The van der Waals surface area contributed by atoms with Gasteiger partial charge in [0.15, 0.2) is 0 Å². The summed E-state index contributed by atoms with van der Waals surface area (Å²) in [5, 5.41) is 3.26. The zero-order valence-corrected chi connectivity index (χ0v) is 10.2. The molecule has 0 aliphatic heterocycles. The molecule has 1 unspecified atom stereocenters. The van der Waals surface area contributed by atoms with E-state index in [-0.39, 0.29) is 17.5 Å². The molecule has 15 heavy (non-hydrogen) atoms. The van der Waals surface area contributed by atoms with Gasteiger partial charge in [0, 0.05) is 5.75 Å². The SMILES string of the molecule is CCCNCC(C)CCCSC(F)(F)F. The van der Waals surface area contributed by atoms with Crippen molar-refractivity contribution in [1.82, 2.24) is 5.32 Å². The summed E-state index contributed by atoms with van der Waals surface area (Å²) in [5.41, 5.74) is -4.07. The molecule has 0 aliphatic rings. The van der Waals surface area contributed by atoms with E-state index in [2.05, 4.69) is 19.2 Å². The Morgan fingerprint density at radius 1 is 1.33 bits per heavy atom. The van der Waals surface area contributed by atoms with Gasteiger partial charge in [-0.05, 0) is 38.3 Å². The van der Waals surface area contributed by atoms with E-state index in [9.17, 15) is 13.2 Å². The van der Waals surface area contributed by atoms with Crippen LogP contribution in [-0.4, -0.2) is 24.4 Å². The van der Waals surface area contributed by atoms with Crippen molar-refractivity contribution in [3.63, 3.8) is 0 Å². The highest BCUT2D eigenvalue weighted by atomic mass is 32.2. The molecule has 0 bridgehead atoms. The van der Waals surface area contributed by atoms with Crippen molar-refractivity contribution in [1.29, 1.82) is 0 Å². The number of hydrogen-bond acceptors (Lipinski definition) is 2. The fraction of sp³-hybridized carbons (Fsp3) is 1.00. The summed E-state index contributed by atoms with van der Waals surface area (Å²) >= 11 is 0.0835. The van der Waals surface area contributed by atoms with Crippen LogP contribution in [0, 0.1) is 5.92 Å². The van der Waals surface area contributed by atoms with Crippen LogP contribution in [0.3, 0.4) is 0 Å². The predicted molar refractivity (Wildman–Crippen MR) is 60.1 cm³/mol. The van der Waals surface area contributed by atoms with Crippen molar-refractivity contribution in [2.24, 2.45) is 5.92 Å². The Bertz CT molecular complexity index is 150. The molecule has 1 nitrogen and oxygen atoms in total. The number of hydrogen-bond donors (Lipinski definition) is 1. The topological polar surface area (TPSA) is 12.0 Å². The van der Waals surface area contributed by atoms with Crippen molar-refractivity contribution in [2.75, 3.05) is 18.8 Å². The summed E-state index contributed by atoms with van der Waals surface area (Å²) < 4.78 is 35.3. The van der Waals surface area contributed by atoms with Gasteiger partial charge in [-0.2, -0.15) is 13.2 Å². The average molecular weight is 243 g/mol. The fourth-order valence-electron chi connectivity index (χ4n) is 1.25. The summed E-state index contributed by atoms with van der Waals surface area (Å²) in [6.07, 6.45) is 2.59. The van der Waals surface area contributed by atoms with Gasteiger partial charge in [-0.3, -0.25) is 0 Å². The summed E-state index contributed by atoms with van der Waals surface area (Å²) in [7, 11) is 0. The van der Waals surface area contributed by atoms with Gasteiger partial charge >= 0.3 is 5.51 Å². The van der Waals surface area contributed by atoms with Gasteiger partial charge in [0.2, 0.25) is 0 Å². The third-order valence-electron chi connectivity index (χ3n) is 2.03.